The minimum atomic E-state index is -1.33. The van der Waals surface area contributed by atoms with Crippen LogP contribution in [0.4, 0.5) is 16.2 Å². The maximum absolute atomic E-state index is 10.5. The van der Waals surface area contributed by atoms with Gasteiger partial charge in [-0.05, 0) is 24.3 Å². The molecular formula is C13H11NO3. The minimum absolute atomic E-state index is 0.281. The van der Waals surface area contributed by atoms with Crippen LogP contribution in [0.5, 0.6) is 5.75 Å². The normalized spacial score (nSPS) is 9.65. The molecule has 2 rings (SSSR count). The van der Waals surface area contributed by atoms with Crippen LogP contribution >= 0.6 is 0 Å². The summed E-state index contributed by atoms with van der Waals surface area (Å²) in [6.07, 6.45) is -1.33. The van der Waals surface area contributed by atoms with Crippen molar-refractivity contribution in [3.8, 4) is 5.75 Å². The van der Waals surface area contributed by atoms with Gasteiger partial charge in [0.25, 0.3) is 0 Å². The summed E-state index contributed by atoms with van der Waals surface area (Å²) in [7, 11) is 0. The molecule has 86 valence electrons. The van der Waals surface area contributed by atoms with Gasteiger partial charge in [-0.15, -0.1) is 0 Å². The van der Waals surface area contributed by atoms with Gasteiger partial charge in [-0.3, -0.25) is 0 Å². The van der Waals surface area contributed by atoms with E-state index in [9.17, 15) is 4.79 Å². The Balaban J connectivity index is 2.23. The Kier molecular flexibility index (Phi) is 3.25. The van der Waals surface area contributed by atoms with Gasteiger partial charge in [0.15, 0.2) is 5.75 Å². The van der Waals surface area contributed by atoms with E-state index in [4.69, 9.17) is 5.11 Å². The second kappa shape index (κ2) is 5.03. The van der Waals surface area contributed by atoms with E-state index in [1.165, 1.54) is 0 Å². The molecule has 0 aliphatic rings. The SMILES string of the molecule is O=C(O)Oc1ccccc1Nc1ccccc1. The number of hydrogen-bond acceptors (Lipinski definition) is 3. The number of benzene rings is 2. The molecule has 0 atom stereocenters. The van der Waals surface area contributed by atoms with Crippen molar-refractivity contribution in [3.63, 3.8) is 0 Å². The fourth-order valence-corrected chi connectivity index (χ4v) is 1.43. The highest BCUT2D eigenvalue weighted by atomic mass is 16.7. The van der Waals surface area contributed by atoms with Crippen LogP contribution in [0.25, 0.3) is 0 Å². The molecule has 0 radical (unpaired) electrons. The molecule has 4 heteroatoms. The lowest BCUT2D eigenvalue weighted by Crippen LogP contribution is -2.05. The van der Waals surface area contributed by atoms with Gasteiger partial charge in [0, 0.05) is 5.69 Å². The predicted molar refractivity (Wildman–Crippen MR) is 64.8 cm³/mol. The topological polar surface area (TPSA) is 58.6 Å². The molecule has 0 aromatic heterocycles. The first-order valence-electron chi connectivity index (χ1n) is 5.07. The van der Waals surface area contributed by atoms with Crippen LogP contribution in [0.3, 0.4) is 0 Å². The molecule has 0 bridgehead atoms. The average Bonchev–Trinajstić information content (AvgIpc) is 2.32. The highest BCUT2D eigenvalue weighted by Gasteiger charge is 2.06. The highest BCUT2D eigenvalue weighted by molar-refractivity contribution is 5.71. The maximum atomic E-state index is 10.5. The van der Waals surface area contributed by atoms with Gasteiger partial charge >= 0.3 is 6.16 Å². The summed E-state index contributed by atoms with van der Waals surface area (Å²) in [5.74, 6) is 0.281. The third-order valence-electron chi connectivity index (χ3n) is 2.14. The molecule has 2 N–H and O–H groups in total. The van der Waals surface area contributed by atoms with E-state index in [1.807, 2.05) is 30.3 Å². The molecular weight excluding hydrogens is 218 g/mol. The summed E-state index contributed by atoms with van der Waals surface area (Å²) in [5.41, 5.74) is 1.48. The molecule has 2 aromatic carbocycles. The Bertz CT molecular complexity index is 511. The van der Waals surface area contributed by atoms with Gasteiger partial charge in [-0.1, -0.05) is 30.3 Å². The molecule has 0 aliphatic heterocycles. The molecule has 0 fully saturated rings. The third kappa shape index (κ3) is 2.98. The Morgan fingerprint density at radius 3 is 2.35 bits per heavy atom. The summed E-state index contributed by atoms with van der Waals surface area (Å²) >= 11 is 0. The number of rotatable bonds is 3. The van der Waals surface area contributed by atoms with Crippen LogP contribution in [0, 0.1) is 0 Å². The van der Waals surface area contributed by atoms with Crippen molar-refractivity contribution in [3.05, 3.63) is 54.6 Å². The van der Waals surface area contributed by atoms with Crippen molar-refractivity contribution in [2.24, 2.45) is 0 Å². The standard InChI is InChI=1S/C13H11NO3/c15-13(16)17-12-9-5-4-8-11(12)14-10-6-2-1-3-7-10/h1-9,14H,(H,15,16). The zero-order valence-corrected chi connectivity index (χ0v) is 8.96. The Labute approximate surface area is 98.5 Å². The second-order valence-electron chi connectivity index (χ2n) is 3.36. The number of carbonyl (C=O) groups is 1. The van der Waals surface area contributed by atoms with Gasteiger partial charge in [-0.25, -0.2) is 4.79 Å². The van der Waals surface area contributed by atoms with E-state index in [0.29, 0.717) is 5.69 Å². The van der Waals surface area contributed by atoms with E-state index in [-0.39, 0.29) is 5.75 Å². The van der Waals surface area contributed by atoms with Gasteiger partial charge in [-0.2, -0.15) is 0 Å². The van der Waals surface area contributed by atoms with Gasteiger partial charge in [0.05, 0.1) is 5.69 Å². The molecule has 4 nitrogen and oxygen atoms in total. The fourth-order valence-electron chi connectivity index (χ4n) is 1.43. The average molecular weight is 229 g/mol. The van der Waals surface area contributed by atoms with Crippen molar-refractivity contribution < 1.29 is 14.6 Å². The first kappa shape index (κ1) is 11.0. The first-order chi connectivity index (χ1) is 8.25. The molecule has 0 aliphatic carbocycles. The van der Waals surface area contributed by atoms with Crippen LogP contribution in [0.15, 0.2) is 54.6 Å². The van der Waals surface area contributed by atoms with E-state index in [1.54, 1.807) is 24.3 Å². The van der Waals surface area contributed by atoms with Crippen molar-refractivity contribution in [1.29, 1.82) is 0 Å². The zero-order valence-electron chi connectivity index (χ0n) is 8.96. The summed E-state index contributed by atoms with van der Waals surface area (Å²) in [6.45, 7) is 0. The molecule has 2 aromatic rings. The minimum Gasteiger partial charge on any atom is -0.449 e. The number of anilines is 2. The van der Waals surface area contributed by atoms with Gasteiger partial charge < -0.3 is 15.2 Å². The Morgan fingerprint density at radius 1 is 1.00 bits per heavy atom. The summed E-state index contributed by atoms with van der Waals surface area (Å²) in [4.78, 5) is 10.5. The number of para-hydroxylation sites is 3. The zero-order chi connectivity index (χ0) is 12.1. The smallest absolute Gasteiger partial charge is 0.449 e. The van der Waals surface area contributed by atoms with Crippen LogP contribution in [0.2, 0.25) is 0 Å². The highest BCUT2D eigenvalue weighted by Crippen LogP contribution is 2.27. The lowest BCUT2D eigenvalue weighted by atomic mass is 10.2. The van der Waals surface area contributed by atoms with Crippen molar-refractivity contribution in [1.82, 2.24) is 0 Å². The predicted octanol–water partition coefficient (Wildman–Crippen LogP) is 3.49. The van der Waals surface area contributed by atoms with E-state index >= 15 is 0 Å². The third-order valence-corrected chi connectivity index (χ3v) is 2.14. The lowest BCUT2D eigenvalue weighted by Gasteiger charge is -2.10. The summed E-state index contributed by atoms with van der Waals surface area (Å²) < 4.78 is 4.67. The molecule has 0 unspecified atom stereocenters. The fraction of sp³-hybridized carbons (Fsp3) is 0. The van der Waals surface area contributed by atoms with Crippen molar-refractivity contribution >= 4 is 17.5 Å². The van der Waals surface area contributed by atoms with E-state index in [0.717, 1.165) is 5.69 Å². The first-order valence-corrected chi connectivity index (χ1v) is 5.07. The van der Waals surface area contributed by atoms with Crippen LogP contribution in [-0.4, -0.2) is 11.3 Å². The largest absolute Gasteiger partial charge is 0.511 e. The Hall–Kier alpha value is -2.49. The van der Waals surface area contributed by atoms with E-state index < -0.39 is 6.16 Å². The quantitative estimate of drug-likeness (QED) is 0.624. The molecule has 0 saturated heterocycles. The monoisotopic (exact) mass is 229 g/mol. The molecule has 0 spiro atoms. The van der Waals surface area contributed by atoms with Crippen LogP contribution < -0.4 is 10.1 Å². The second-order valence-corrected chi connectivity index (χ2v) is 3.36. The Morgan fingerprint density at radius 2 is 1.65 bits per heavy atom. The number of nitrogens with one attached hydrogen (secondary N) is 1. The number of carboxylic acid groups (broad SMARTS) is 1. The number of ether oxygens (including phenoxy) is 1. The maximum Gasteiger partial charge on any atom is 0.511 e. The van der Waals surface area contributed by atoms with Gasteiger partial charge in [0.2, 0.25) is 0 Å². The molecule has 0 saturated carbocycles. The van der Waals surface area contributed by atoms with Gasteiger partial charge in [0.1, 0.15) is 0 Å². The summed E-state index contributed by atoms with van der Waals surface area (Å²) in [6, 6.07) is 16.3. The van der Waals surface area contributed by atoms with Crippen LogP contribution in [0.1, 0.15) is 0 Å². The molecule has 0 amide bonds. The summed E-state index contributed by atoms with van der Waals surface area (Å²) in [5, 5.41) is 11.7. The van der Waals surface area contributed by atoms with Crippen LogP contribution in [-0.2, 0) is 0 Å². The molecule has 17 heavy (non-hydrogen) atoms. The number of hydrogen-bond donors (Lipinski definition) is 2. The van der Waals surface area contributed by atoms with Crippen molar-refractivity contribution in [2.45, 2.75) is 0 Å². The van der Waals surface area contributed by atoms with Crippen molar-refractivity contribution in [2.75, 3.05) is 5.32 Å². The lowest BCUT2D eigenvalue weighted by molar-refractivity contribution is 0.144. The molecule has 0 heterocycles. The van der Waals surface area contributed by atoms with E-state index in [2.05, 4.69) is 10.1 Å².